The van der Waals surface area contributed by atoms with Crippen molar-refractivity contribution in [3.63, 3.8) is 0 Å². The van der Waals surface area contributed by atoms with Gasteiger partial charge in [0.05, 0.1) is 20.8 Å². The fourth-order valence-electron chi connectivity index (χ4n) is 2.94. The number of methoxy groups -OCH3 is 2. The topological polar surface area (TPSA) is 63.2 Å². The number of piperidine rings is 1. The molecule has 1 aliphatic rings. The Balaban J connectivity index is 0.00000338. The smallest absolute Gasteiger partial charge is 0.341 e. The number of ether oxygens (including phenoxy) is 2. The number of nitrogens with one attached hydrogen (secondary N) is 1. The van der Waals surface area contributed by atoms with Gasteiger partial charge in [0.15, 0.2) is 5.96 Å². The van der Waals surface area contributed by atoms with Crippen LogP contribution >= 0.6 is 24.0 Å². The molecule has 0 unspecified atom stereocenters. The Bertz CT molecular complexity index is 614. The Kier molecular flexibility index (Phi) is 9.75. The van der Waals surface area contributed by atoms with Gasteiger partial charge < -0.3 is 19.7 Å². The number of carbonyl (C=O) groups excluding carboxylic acids is 1. The highest BCUT2D eigenvalue weighted by Crippen LogP contribution is 2.21. The molecule has 0 bridgehead atoms. The molecule has 1 aromatic rings. The van der Waals surface area contributed by atoms with E-state index in [4.69, 9.17) is 14.5 Å². The lowest BCUT2D eigenvalue weighted by molar-refractivity contribution is 0.0597. The number of nitrogens with zero attached hydrogens (tertiary/aromatic N) is 2. The summed E-state index contributed by atoms with van der Waals surface area (Å²) in [6.45, 7) is 7.77. The fraction of sp³-hybridized carbons (Fsp3) is 0.579. The molecule has 0 spiro atoms. The molecule has 0 saturated carbocycles. The molecular formula is C19H30IN3O3. The molecule has 0 aromatic heterocycles. The molecule has 0 amide bonds. The second-order valence-corrected chi connectivity index (χ2v) is 6.37. The zero-order valence-corrected chi connectivity index (χ0v) is 18.4. The van der Waals surface area contributed by atoms with E-state index in [1.54, 1.807) is 19.2 Å². The summed E-state index contributed by atoms with van der Waals surface area (Å²) in [4.78, 5) is 19.0. The minimum absolute atomic E-state index is 0. The third-order valence-corrected chi connectivity index (χ3v) is 4.50. The second kappa shape index (κ2) is 11.3. The number of benzene rings is 1. The number of halogens is 1. The van der Waals surface area contributed by atoms with Gasteiger partial charge in [0.2, 0.25) is 0 Å². The highest BCUT2D eigenvalue weighted by molar-refractivity contribution is 14.0. The summed E-state index contributed by atoms with van der Waals surface area (Å²) in [5.74, 6) is 1.82. The average Bonchev–Trinajstić information content (AvgIpc) is 2.65. The molecule has 146 valence electrons. The van der Waals surface area contributed by atoms with Crippen LogP contribution in [0.2, 0.25) is 0 Å². The van der Waals surface area contributed by atoms with Crippen LogP contribution in [0.5, 0.6) is 5.75 Å². The van der Waals surface area contributed by atoms with Crippen molar-refractivity contribution in [2.24, 2.45) is 10.9 Å². The summed E-state index contributed by atoms with van der Waals surface area (Å²) in [6.07, 6.45) is 2.39. The number of carbonyl (C=O) groups is 1. The van der Waals surface area contributed by atoms with Crippen LogP contribution in [0, 0.1) is 5.92 Å². The van der Waals surface area contributed by atoms with E-state index in [0.29, 0.717) is 17.9 Å². The summed E-state index contributed by atoms with van der Waals surface area (Å²) in [7, 11) is 2.91. The summed E-state index contributed by atoms with van der Waals surface area (Å²) < 4.78 is 10.1. The molecule has 1 saturated heterocycles. The first-order valence-electron chi connectivity index (χ1n) is 8.87. The van der Waals surface area contributed by atoms with E-state index in [1.165, 1.54) is 20.0 Å². The van der Waals surface area contributed by atoms with Crippen LogP contribution in [0.3, 0.4) is 0 Å². The van der Waals surface area contributed by atoms with E-state index in [2.05, 4.69) is 24.1 Å². The molecule has 7 heteroatoms. The number of esters is 1. The lowest BCUT2D eigenvalue weighted by Crippen LogP contribution is -2.45. The third-order valence-electron chi connectivity index (χ3n) is 4.50. The maximum absolute atomic E-state index is 11.9. The van der Waals surface area contributed by atoms with Crippen molar-refractivity contribution < 1.29 is 14.3 Å². The van der Waals surface area contributed by atoms with Crippen molar-refractivity contribution >= 4 is 35.9 Å². The van der Waals surface area contributed by atoms with Gasteiger partial charge in [0, 0.05) is 19.6 Å². The SMILES string of the molecule is CCNC(=NCc1ccc(OC)c(C(=O)OC)c1)N1CCC(C)CC1.I. The normalized spacial score (nSPS) is 15.2. The standard InChI is InChI=1S/C19H29N3O3.HI/c1-5-20-19(22-10-8-14(2)9-11-22)21-13-15-6-7-17(24-3)16(12-15)18(23)25-4;/h6-7,12,14H,5,8-11,13H2,1-4H3,(H,20,21);1H. The first-order chi connectivity index (χ1) is 12.1. The molecule has 0 aliphatic carbocycles. The maximum Gasteiger partial charge on any atom is 0.341 e. The fourth-order valence-corrected chi connectivity index (χ4v) is 2.94. The number of likely N-dealkylation sites (tertiary alicyclic amines) is 1. The molecule has 1 aliphatic heterocycles. The highest BCUT2D eigenvalue weighted by Gasteiger charge is 2.19. The first kappa shape index (κ1) is 22.5. The van der Waals surface area contributed by atoms with Gasteiger partial charge in [-0.1, -0.05) is 13.0 Å². The van der Waals surface area contributed by atoms with E-state index in [1.807, 2.05) is 6.07 Å². The van der Waals surface area contributed by atoms with Gasteiger partial charge in [-0.15, -0.1) is 24.0 Å². The van der Waals surface area contributed by atoms with E-state index in [9.17, 15) is 4.79 Å². The van der Waals surface area contributed by atoms with Gasteiger partial charge in [-0.05, 0) is 43.4 Å². The van der Waals surface area contributed by atoms with Gasteiger partial charge in [0.1, 0.15) is 11.3 Å². The summed E-state index contributed by atoms with van der Waals surface area (Å²) in [6, 6.07) is 5.50. The van der Waals surface area contributed by atoms with Gasteiger partial charge >= 0.3 is 5.97 Å². The molecule has 0 radical (unpaired) electrons. The Hall–Kier alpha value is -1.51. The second-order valence-electron chi connectivity index (χ2n) is 6.37. The monoisotopic (exact) mass is 475 g/mol. The minimum atomic E-state index is -0.403. The average molecular weight is 475 g/mol. The van der Waals surface area contributed by atoms with E-state index < -0.39 is 5.97 Å². The molecule has 1 fully saturated rings. The van der Waals surface area contributed by atoms with Crippen LogP contribution in [0.15, 0.2) is 23.2 Å². The molecule has 1 aromatic carbocycles. The van der Waals surface area contributed by atoms with Crippen LogP contribution in [-0.4, -0.2) is 50.7 Å². The Labute approximate surface area is 173 Å². The minimum Gasteiger partial charge on any atom is -0.496 e. The van der Waals surface area contributed by atoms with Gasteiger partial charge in [-0.25, -0.2) is 9.79 Å². The molecular weight excluding hydrogens is 445 g/mol. The molecule has 0 atom stereocenters. The Morgan fingerprint density at radius 3 is 2.58 bits per heavy atom. The predicted molar refractivity (Wildman–Crippen MR) is 115 cm³/mol. The van der Waals surface area contributed by atoms with E-state index >= 15 is 0 Å². The lowest BCUT2D eigenvalue weighted by Gasteiger charge is -2.33. The predicted octanol–water partition coefficient (Wildman–Crippen LogP) is 3.30. The summed E-state index contributed by atoms with van der Waals surface area (Å²) in [5, 5.41) is 3.37. The van der Waals surface area contributed by atoms with Crippen molar-refractivity contribution in [1.29, 1.82) is 0 Å². The van der Waals surface area contributed by atoms with E-state index in [-0.39, 0.29) is 24.0 Å². The van der Waals surface area contributed by atoms with E-state index in [0.717, 1.165) is 37.1 Å². The van der Waals surface area contributed by atoms with Crippen molar-refractivity contribution in [3.8, 4) is 5.75 Å². The molecule has 1 heterocycles. The Morgan fingerprint density at radius 2 is 2.00 bits per heavy atom. The maximum atomic E-state index is 11.9. The van der Waals surface area contributed by atoms with Crippen LogP contribution in [0.4, 0.5) is 0 Å². The largest absolute Gasteiger partial charge is 0.496 e. The van der Waals surface area contributed by atoms with Crippen molar-refractivity contribution in [2.45, 2.75) is 33.2 Å². The Morgan fingerprint density at radius 1 is 1.31 bits per heavy atom. The number of aliphatic imine (C=N–C) groups is 1. The van der Waals surface area contributed by atoms with Crippen molar-refractivity contribution in [3.05, 3.63) is 29.3 Å². The van der Waals surface area contributed by atoms with Gasteiger partial charge in [-0.3, -0.25) is 0 Å². The highest BCUT2D eigenvalue weighted by atomic mass is 127. The van der Waals surface area contributed by atoms with Crippen LogP contribution in [-0.2, 0) is 11.3 Å². The van der Waals surface area contributed by atoms with Gasteiger partial charge in [0.25, 0.3) is 0 Å². The lowest BCUT2D eigenvalue weighted by atomic mass is 9.99. The van der Waals surface area contributed by atoms with Crippen LogP contribution < -0.4 is 10.1 Å². The van der Waals surface area contributed by atoms with Gasteiger partial charge in [-0.2, -0.15) is 0 Å². The van der Waals surface area contributed by atoms with Crippen molar-refractivity contribution in [1.82, 2.24) is 10.2 Å². The molecule has 26 heavy (non-hydrogen) atoms. The molecule has 6 nitrogen and oxygen atoms in total. The first-order valence-corrected chi connectivity index (χ1v) is 8.87. The molecule has 2 rings (SSSR count). The van der Waals surface area contributed by atoms with Crippen LogP contribution in [0.1, 0.15) is 42.6 Å². The summed E-state index contributed by atoms with van der Waals surface area (Å²) in [5.41, 5.74) is 1.37. The zero-order chi connectivity index (χ0) is 18.2. The summed E-state index contributed by atoms with van der Waals surface area (Å²) >= 11 is 0. The number of hydrogen-bond acceptors (Lipinski definition) is 4. The quantitative estimate of drug-likeness (QED) is 0.307. The number of rotatable bonds is 5. The van der Waals surface area contributed by atoms with Crippen molar-refractivity contribution in [2.75, 3.05) is 33.9 Å². The zero-order valence-electron chi connectivity index (χ0n) is 16.1. The number of hydrogen-bond donors (Lipinski definition) is 1. The van der Waals surface area contributed by atoms with Crippen LogP contribution in [0.25, 0.3) is 0 Å². The molecule has 1 N–H and O–H groups in total. The number of guanidine groups is 1. The third kappa shape index (κ3) is 6.03.